The van der Waals surface area contributed by atoms with Crippen molar-refractivity contribution in [3.8, 4) is 0 Å². The van der Waals surface area contributed by atoms with Crippen LogP contribution in [-0.2, 0) is 6.54 Å². The van der Waals surface area contributed by atoms with E-state index in [1.54, 1.807) is 30.3 Å². The van der Waals surface area contributed by atoms with Crippen LogP contribution >= 0.6 is 11.6 Å². The summed E-state index contributed by atoms with van der Waals surface area (Å²) in [7, 11) is 0. The van der Waals surface area contributed by atoms with E-state index in [-0.39, 0.29) is 18.3 Å². The molecule has 2 aromatic rings. The molecule has 1 aliphatic rings. The largest absolute Gasteiger partial charge is 0.400 e. The predicted molar refractivity (Wildman–Crippen MR) is 161 cm³/mol. The van der Waals surface area contributed by atoms with Gasteiger partial charge in [-0.25, -0.2) is 4.79 Å². The lowest BCUT2D eigenvalue weighted by atomic mass is 10.0. The summed E-state index contributed by atoms with van der Waals surface area (Å²) in [6, 6.07) is 13.4. The minimum atomic E-state index is -4.48. The molecule has 0 bridgehead atoms. The second-order valence-electron chi connectivity index (χ2n) is 9.59. The third-order valence-electron chi connectivity index (χ3n) is 6.39. The Morgan fingerprint density at radius 3 is 2.44 bits per heavy atom. The summed E-state index contributed by atoms with van der Waals surface area (Å²) in [4.78, 5) is 18.5. The molecule has 0 spiro atoms. The minimum absolute atomic E-state index is 0.0959. The van der Waals surface area contributed by atoms with Gasteiger partial charge in [-0.15, -0.1) is 0 Å². The van der Waals surface area contributed by atoms with Crippen LogP contribution in [0.3, 0.4) is 0 Å². The predicted octanol–water partition coefficient (Wildman–Crippen LogP) is 6.63. The Morgan fingerprint density at radius 2 is 1.83 bits per heavy atom. The maximum atomic E-state index is 13.0. The van der Waals surface area contributed by atoms with Gasteiger partial charge in [-0.2, -0.15) is 13.2 Å². The van der Waals surface area contributed by atoms with Crippen LogP contribution in [-0.4, -0.2) is 54.8 Å². The van der Waals surface area contributed by atoms with Crippen molar-refractivity contribution >= 4 is 29.2 Å². The van der Waals surface area contributed by atoms with E-state index in [1.165, 1.54) is 0 Å². The molecule has 0 unspecified atom stereocenters. The number of carbonyl (C=O) groups is 1. The Morgan fingerprint density at radius 1 is 1.17 bits per heavy atom. The highest BCUT2D eigenvalue weighted by molar-refractivity contribution is 6.31. The van der Waals surface area contributed by atoms with Crippen LogP contribution in [0.25, 0.3) is 0 Å². The van der Waals surface area contributed by atoms with Gasteiger partial charge in [0, 0.05) is 29.4 Å². The van der Waals surface area contributed by atoms with Crippen LogP contribution in [0.1, 0.15) is 63.1 Å². The van der Waals surface area contributed by atoms with Gasteiger partial charge in [0.2, 0.25) is 0 Å². The number of aliphatic imine (C=N–C) groups is 1. The third-order valence-corrected chi connectivity index (χ3v) is 6.76. The first-order valence-corrected chi connectivity index (χ1v) is 14.1. The zero-order valence-electron chi connectivity index (χ0n) is 24.0. The Labute approximate surface area is 245 Å². The van der Waals surface area contributed by atoms with E-state index in [0.29, 0.717) is 42.3 Å². The molecule has 0 saturated carbocycles. The fourth-order valence-corrected chi connectivity index (χ4v) is 4.28. The highest BCUT2D eigenvalue weighted by atomic mass is 35.5. The maximum Gasteiger partial charge on any atom is 0.390 e. The number of benzene rings is 2. The molecule has 1 heterocycles. The monoisotopic (exact) mass is 592 g/mol. The summed E-state index contributed by atoms with van der Waals surface area (Å²) in [6.07, 6.45) is -5.14. The molecule has 5 N–H and O–H groups in total. The molecular weight excluding hydrogens is 553 g/mol. The minimum Gasteiger partial charge on any atom is -0.400 e. The molecule has 41 heavy (non-hydrogen) atoms. The molecule has 0 atom stereocenters. The number of alkyl halides is 3. The summed E-state index contributed by atoms with van der Waals surface area (Å²) in [5.74, 6) is -0.0656. The molecule has 11 heteroatoms. The van der Waals surface area contributed by atoms with E-state index in [9.17, 15) is 18.0 Å². The van der Waals surface area contributed by atoms with Gasteiger partial charge in [-0.3, -0.25) is 15.3 Å². The molecule has 1 aliphatic heterocycles. The molecule has 0 radical (unpaired) electrons. The number of piperidine rings is 1. The van der Waals surface area contributed by atoms with Crippen molar-refractivity contribution in [3.63, 3.8) is 0 Å². The number of carbonyl (C=O) groups excluding carboxylic acids is 1. The lowest BCUT2D eigenvalue weighted by Gasteiger charge is -2.25. The third kappa shape index (κ3) is 10.5. The first-order chi connectivity index (χ1) is 19.5. The second kappa shape index (κ2) is 16.2. The van der Waals surface area contributed by atoms with Crippen molar-refractivity contribution in [1.82, 2.24) is 15.5 Å². The topological polar surface area (TPSA) is 107 Å². The van der Waals surface area contributed by atoms with Crippen LogP contribution in [0, 0.1) is 5.41 Å². The van der Waals surface area contributed by atoms with Crippen molar-refractivity contribution < 1.29 is 18.0 Å². The molecule has 1 fully saturated rings. The van der Waals surface area contributed by atoms with Crippen molar-refractivity contribution in [2.75, 3.05) is 26.2 Å². The van der Waals surface area contributed by atoms with Crippen LogP contribution in [0.4, 0.5) is 18.0 Å². The van der Waals surface area contributed by atoms with Gasteiger partial charge < -0.3 is 16.4 Å². The quantitative estimate of drug-likeness (QED) is 0.204. The van der Waals surface area contributed by atoms with Gasteiger partial charge in [0.05, 0.1) is 25.2 Å². The molecule has 224 valence electrons. The first-order valence-electron chi connectivity index (χ1n) is 13.7. The van der Waals surface area contributed by atoms with Crippen LogP contribution in [0.15, 0.2) is 64.8 Å². The summed E-state index contributed by atoms with van der Waals surface area (Å²) < 4.78 is 39.1. The van der Waals surface area contributed by atoms with Crippen molar-refractivity contribution in [2.24, 2.45) is 10.7 Å². The number of nitrogens with two attached hydrogens (primary N) is 1. The van der Waals surface area contributed by atoms with E-state index in [2.05, 4.69) is 15.6 Å². The maximum absolute atomic E-state index is 13.0. The SMILES string of the molecule is CC.CC(C)c1ccc(C(=N)N(CCC(F)(F)F)C(=O)NC/C(N)=C2\CCNCC2=NCc2ccccc2Cl)cc1. The Kier molecular flexibility index (Phi) is 13.3. The molecular formula is C30H40ClF3N6O. The fraction of sp³-hybridized carbons (Fsp3) is 0.433. The van der Waals surface area contributed by atoms with E-state index in [4.69, 9.17) is 22.7 Å². The number of halogens is 4. The molecule has 0 aliphatic carbocycles. The highest BCUT2D eigenvalue weighted by Gasteiger charge is 2.31. The zero-order valence-corrected chi connectivity index (χ0v) is 24.8. The second-order valence-corrected chi connectivity index (χ2v) is 9.99. The average molecular weight is 593 g/mol. The first kappa shape index (κ1) is 33.8. The van der Waals surface area contributed by atoms with Gasteiger partial charge in [-0.1, -0.05) is 81.8 Å². The lowest BCUT2D eigenvalue weighted by Crippen LogP contribution is -2.46. The number of nitrogens with one attached hydrogen (secondary N) is 3. The zero-order chi connectivity index (χ0) is 30.6. The van der Waals surface area contributed by atoms with Gasteiger partial charge in [-0.05, 0) is 41.6 Å². The Bertz CT molecular complexity index is 1230. The van der Waals surface area contributed by atoms with E-state index >= 15 is 0 Å². The van der Waals surface area contributed by atoms with Crippen LogP contribution in [0.5, 0.6) is 0 Å². The summed E-state index contributed by atoms with van der Waals surface area (Å²) in [5.41, 5.74) is 10.4. The average Bonchev–Trinajstić information content (AvgIpc) is 2.96. The van der Waals surface area contributed by atoms with Crippen LogP contribution in [0.2, 0.25) is 5.02 Å². The van der Waals surface area contributed by atoms with Gasteiger partial charge in [0.1, 0.15) is 5.84 Å². The van der Waals surface area contributed by atoms with Crippen molar-refractivity contribution in [2.45, 2.75) is 59.2 Å². The lowest BCUT2D eigenvalue weighted by molar-refractivity contribution is -0.135. The molecule has 1 saturated heterocycles. The molecule has 2 amide bonds. The molecule has 2 aromatic carbocycles. The van der Waals surface area contributed by atoms with E-state index in [1.807, 2.05) is 45.9 Å². The van der Waals surface area contributed by atoms with Gasteiger partial charge in [0.15, 0.2) is 0 Å². The number of amidine groups is 1. The summed E-state index contributed by atoms with van der Waals surface area (Å²) >= 11 is 6.24. The van der Waals surface area contributed by atoms with Gasteiger partial charge in [0.25, 0.3) is 0 Å². The fourth-order valence-electron chi connectivity index (χ4n) is 4.08. The normalized spacial score (nSPS) is 15.7. The number of amides is 2. The summed E-state index contributed by atoms with van der Waals surface area (Å²) in [5, 5.41) is 14.9. The van der Waals surface area contributed by atoms with E-state index in [0.717, 1.165) is 27.3 Å². The summed E-state index contributed by atoms with van der Waals surface area (Å²) in [6.45, 7) is 8.76. The highest BCUT2D eigenvalue weighted by Crippen LogP contribution is 2.22. The van der Waals surface area contributed by atoms with Crippen molar-refractivity contribution in [1.29, 1.82) is 5.41 Å². The van der Waals surface area contributed by atoms with Gasteiger partial charge >= 0.3 is 12.2 Å². The Hall–Kier alpha value is -3.37. The van der Waals surface area contributed by atoms with Crippen LogP contribution < -0.4 is 16.4 Å². The molecule has 0 aromatic heterocycles. The number of rotatable bonds is 8. The smallest absolute Gasteiger partial charge is 0.390 e. The van der Waals surface area contributed by atoms with Crippen molar-refractivity contribution in [3.05, 3.63) is 81.5 Å². The standard InChI is InChI=1S/C28H34ClF3N6O.C2H6/c1-18(2)19-7-9-20(10-8-19)26(34)38(14-12-28(30,31)32)27(39)37-16-24(33)22-11-13-35-17-25(22)36-15-21-5-3-4-6-23(21)29;1-2/h3-10,18,34-35H,11-17,33H2,1-2H3,(H,37,39);1-2H3/b24-22-,34-26?,36-25?;. The molecule has 7 nitrogen and oxygen atoms in total. The molecule has 3 rings (SSSR count). The number of hydrogen-bond acceptors (Lipinski definition) is 5. The Balaban J connectivity index is 0.00000287. The van der Waals surface area contributed by atoms with E-state index < -0.39 is 25.2 Å². The number of hydrogen-bond donors (Lipinski definition) is 4. The number of nitrogens with zero attached hydrogens (tertiary/aromatic N) is 2. The number of urea groups is 1.